The number of amides is 2. The normalized spacial score (nSPS) is 24.3. The van der Waals surface area contributed by atoms with Gasteiger partial charge in [-0.15, -0.1) is 0 Å². The van der Waals surface area contributed by atoms with Crippen LogP contribution in [0.15, 0.2) is 81.5 Å². The first-order chi connectivity index (χ1) is 23.1. The van der Waals surface area contributed by atoms with E-state index in [9.17, 15) is 19.2 Å². The van der Waals surface area contributed by atoms with Gasteiger partial charge in [0.05, 0.1) is 18.1 Å². The van der Waals surface area contributed by atoms with Gasteiger partial charge in [-0.25, -0.2) is 4.90 Å². The molecule has 2 fully saturated rings. The van der Waals surface area contributed by atoms with E-state index in [1.165, 1.54) is 16.7 Å². The predicted octanol–water partition coefficient (Wildman–Crippen LogP) is 8.12. The molecule has 262 valence electrons. The molecule has 4 atom stereocenters. The van der Waals surface area contributed by atoms with Crippen molar-refractivity contribution in [3.63, 3.8) is 0 Å². The minimum Gasteiger partial charge on any atom is -0.469 e. The van der Waals surface area contributed by atoms with Crippen molar-refractivity contribution < 1.29 is 33.1 Å². The highest BCUT2D eigenvalue weighted by Gasteiger charge is 2.62. The van der Waals surface area contributed by atoms with E-state index in [4.69, 9.17) is 13.9 Å². The van der Waals surface area contributed by atoms with Gasteiger partial charge in [0.15, 0.2) is 6.73 Å². The van der Waals surface area contributed by atoms with Gasteiger partial charge in [-0.3, -0.25) is 19.2 Å². The van der Waals surface area contributed by atoms with Crippen molar-refractivity contribution >= 4 is 23.8 Å². The number of hydrogen-bond acceptors (Lipinski definition) is 7. The van der Waals surface area contributed by atoms with Crippen LogP contribution in [0.25, 0.3) is 0 Å². The van der Waals surface area contributed by atoms with Crippen LogP contribution in [0.5, 0.6) is 0 Å². The number of hydrogen-bond donors (Lipinski definition) is 0. The predicted molar refractivity (Wildman–Crippen MR) is 186 cm³/mol. The quantitative estimate of drug-likeness (QED) is 0.143. The molecule has 2 saturated carbocycles. The highest BCUT2D eigenvalue weighted by Crippen LogP contribution is 2.60. The van der Waals surface area contributed by atoms with Gasteiger partial charge in [0.1, 0.15) is 12.4 Å². The number of rotatable bonds is 10. The van der Waals surface area contributed by atoms with Crippen LogP contribution < -0.4 is 0 Å². The average molecular weight is 670 g/mol. The third-order valence-electron chi connectivity index (χ3n) is 10.5. The second-order valence-corrected chi connectivity index (χ2v) is 15.6. The van der Waals surface area contributed by atoms with E-state index in [2.05, 4.69) is 52.0 Å². The number of carbonyl (C=O) groups is 4. The van der Waals surface area contributed by atoms with Crippen LogP contribution in [0, 0.1) is 34.5 Å². The SMILES string of the molecule is CC(C)=CC1C(C(=O)OCN2C(=O)C3=C(CCCC3)C2=O)C1(C)C.CC(C)=C[C@@H]1[C@@H](C(=O)OCc2coc(Cc3ccccc3)c2)C1(C)C. The fourth-order valence-corrected chi connectivity index (χ4v) is 7.36. The van der Waals surface area contributed by atoms with E-state index in [-0.39, 0.29) is 71.6 Å². The molecule has 8 nitrogen and oxygen atoms in total. The Morgan fingerprint density at radius 3 is 1.82 bits per heavy atom. The minimum absolute atomic E-state index is 0.0107. The molecular weight excluding hydrogens is 618 g/mol. The van der Waals surface area contributed by atoms with Crippen LogP contribution in [-0.4, -0.2) is 35.4 Å². The maximum absolute atomic E-state index is 12.4. The maximum atomic E-state index is 12.4. The summed E-state index contributed by atoms with van der Waals surface area (Å²) in [6, 6.07) is 12.1. The molecule has 0 saturated heterocycles. The van der Waals surface area contributed by atoms with Crippen LogP contribution in [-0.2, 0) is 41.7 Å². The standard InChI is InChI=1S/C22H26O3.C19H25NO4/c1-15(2)10-19-20(22(19,3)4)21(23)25-14-17-12-18(24-13-17)11-16-8-6-5-7-9-16;1-11(2)9-14-15(19(14,3)4)18(23)24-10-20-16(21)12-7-5-6-8-13(12)17(20)22/h5-10,12-13,19-20H,11,14H2,1-4H3;9,14-15H,5-8,10H2,1-4H3/t19-,20+;/m1./s1. The lowest BCUT2D eigenvalue weighted by Gasteiger charge is -2.15. The van der Waals surface area contributed by atoms with Crippen molar-refractivity contribution in [3.05, 3.63) is 94.0 Å². The molecule has 0 spiro atoms. The summed E-state index contributed by atoms with van der Waals surface area (Å²) in [5.41, 5.74) is 5.61. The second-order valence-electron chi connectivity index (χ2n) is 15.6. The molecule has 1 aromatic heterocycles. The first-order valence-corrected chi connectivity index (χ1v) is 17.4. The number of esters is 2. The van der Waals surface area contributed by atoms with Crippen LogP contribution in [0.1, 0.15) is 98.0 Å². The zero-order valence-corrected chi connectivity index (χ0v) is 30.3. The van der Waals surface area contributed by atoms with E-state index in [0.29, 0.717) is 24.0 Å². The molecule has 2 heterocycles. The molecule has 2 unspecified atom stereocenters. The number of furan rings is 1. The van der Waals surface area contributed by atoms with Crippen molar-refractivity contribution in [2.75, 3.05) is 6.73 Å². The second kappa shape index (κ2) is 14.3. The Balaban J connectivity index is 0.000000191. The Morgan fingerprint density at radius 2 is 1.31 bits per heavy atom. The monoisotopic (exact) mass is 669 g/mol. The van der Waals surface area contributed by atoms with E-state index >= 15 is 0 Å². The number of benzene rings is 1. The van der Waals surface area contributed by atoms with Crippen LogP contribution in [0.4, 0.5) is 0 Å². The van der Waals surface area contributed by atoms with Gasteiger partial charge in [-0.05, 0) is 87.7 Å². The van der Waals surface area contributed by atoms with Gasteiger partial charge in [0.25, 0.3) is 11.8 Å². The summed E-state index contributed by atoms with van der Waals surface area (Å²) >= 11 is 0. The Labute approximate surface area is 290 Å². The Kier molecular flexibility index (Phi) is 10.6. The summed E-state index contributed by atoms with van der Waals surface area (Å²) in [5.74, 6) is 0.0738. The van der Waals surface area contributed by atoms with Crippen molar-refractivity contribution in [2.24, 2.45) is 34.5 Å². The van der Waals surface area contributed by atoms with E-state index in [1.807, 2.05) is 52.0 Å². The highest BCUT2D eigenvalue weighted by molar-refractivity contribution is 6.19. The molecule has 0 radical (unpaired) electrons. The van der Waals surface area contributed by atoms with Crippen LogP contribution in [0.2, 0.25) is 0 Å². The lowest BCUT2D eigenvalue weighted by Crippen LogP contribution is -2.35. The van der Waals surface area contributed by atoms with Gasteiger partial charge in [-0.1, -0.05) is 81.3 Å². The minimum atomic E-state index is -0.326. The summed E-state index contributed by atoms with van der Waals surface area (Å²) in [6.07, 6.45) is 9.88. The zero-order chi connectivity index (χ0) is 35.7. The molecule has 1 aliphatic heterocycles. The van der Waals surface area contributed by atoms with E-state index in [1.54, 1.807) is 6.26 Å². The molecule has 1 aromatic carbocycles. The largest absolute Gasteiger partial charge is 0.469 e. The lowest BCUT2D eigenvalue weighted by molar-refractivity contribution is -0.157. The van der Waals surface area contributed by atoms with Crippen LogP contribution in [0.3, 0.4) is 0 Å². The third-order valence-corrected chi connectivity index (χ3v) is 10.5. The Morgan fingerprint density at radius 1 is 0.796 bits per heavy atom. The molecule has 0 N–H and O–H groups in total. The highest BCUT2D eigenvalue weighted by atomic mass is 16.5. The zero-order valence-electron chi connectivity index (χ0n) is 30.3. The summed E-state index contributed by atoms with van der Waals surface area (Å²) in [7, 11) is 0. The fraction of sp³-hybridized carbons (Fsp3) is 0.512. The van der Waals surface area contributed by atoms with E-state index in [0.717, 1.165) is 35.5 Å². The topological polar surface area (TPSA) is 103 Å². The molecule has 3 aliphatic carbocycles. The third kappa shape index (κ3) is 8.00. The van der Waals surface area contributed by atoms with Crippen LogP contribution >= 0.6 is 0 Å². The first kappa shape index (κ1) is 36.1. The van der Waals surface area contributed by atoms with Crippen molar-refractivity contribution in [3.8, 4) is 0 Å². The van der Waals surface area contributed by atoms with Gasteiger partial charge < -0.3 is 13.9 Å². The number of nitrogens with zero attached hydrogens (tertiary/aromatic N) is 1. The van der Waals surface area contributed by atoms with Crippen molar-refractivity contribution in [1.82, 2.24) is 4.90 Å². The maximum Gasteiger partial charge on any atom is 0.311 e. The molecule has 4 aliphatic rings. The summed E-state index contributed by atoms with van der Waals surface area (Å²) in [6.45, 7) is 16.5. The van der Waals surface area contributed by atoms with Crippen molar-refractivity contribution in [1.29, 1.82) is 0 Å². The van der Waals surface area contributed by atoms with Gasteiger partial charge in [0.2, 0.25) is 0 Å². The molecule has 2 amide bonds. The summed E-state index contributed by atoms with van der Waals surface area (Å²) in [4.78, 5) is 50.5. The molecule has 2 aromatic rings. The molecular formula is C41H51NO7. The van der Waals surface area contributed by atoms with Gasteiger partial charge in [0, 0.05) is 23.1 Å². The van der Waals surface area contributed by atoms with Crippen molar-refractivity contribution in [2.45, 2.75) is 94.1 Å². The number of allylic oxidation sites excluding steroid dienone is 4. The first-order valence-electron chi connectivity index (χ1n) is 17.4. The van der Waals surface area contributed by atoms with E-state index < -0.39 is 0 Å². The van der Waals surface area contributed by atoms with Gasteiger partial charge >= 0.3 is 11.9 Å². The summed E-state index contributed by atoms with van der Waals surface area (Å²) < 4.78 is 16.5. The number of ether oxygens (including phenoxy) is 2. The number of carbonyl (C=O) groups excluding carboxylic acids is 4. The molecule has 8 heteroatoms. The Hall–Kier alpha value is -4.20. The molecule has 6 rings (SSSR count). The molecule has 49 heavy (non-hydrogen) atoms. The lowest BCUT2D eigenvalue weighted by atomic mass is 9.93. The smallest absolute Gasteiger partial charge is 0.311 e. The fourth-order valence-electron chi connectivity index (χ4n) is 7.36. The average Bonchev–Trinajstić information content (AvgIpc) is 3.57. The Bertz CT molecular complexity index is 1650. The van der Waals surface area contributed by atoms with Gasteiger partial charge in [-0.2, -0.15) is 0 Å². The number of imide groups is 1. The summed E-state index contributed by atoms with van der Waals surface area (Å²) in [5, 5.41) is 0. The molecule has 0 bridgehead atoms.